The van der Waals surface area contributed by atoms with Crippen LogP contribution in [-0.4, -0.2) is 50.0 Å². The third kappa shape index (κ3) is 7.08. The highest BCUT2D eigenvalue weighted by Crippen LogP contribution is 2.27. The largest absolute Gasteiger partial charge is 0.352 e. The molecular weight excluding hydrogens is 516 g/mol. The van der Waals surface area contributed by atoms with Crippen LogP contribution in [0.3, 0.4) is 0 Å². The number of nitrogens with zero attached hydrogens (tertiary/aromatic N) is 2. The first kappa shape index (κ1) is 27.2. The fraction of sp³-hybridized carbons (Fsp3) is 0.417. The molecule has 190 valence electrons. The third-order valence-electron chi connectivity index (χ3n) is 6.03. The molecule has 0 saturated heterocycles. The standard InChI is InChI=1S/C24H28Cl2FN3O4S/c1-16(24(32)28-18-8-3-4-9-18)29(14-20-21(25)11-6-12-22(20)26)23(31)15-30(35(2,33)34)19-10-5-7-17(27)13-19/h5-7,10-13,16,18H,3-4,8-9,14-15H2,1-2H3,(H,28,32)/t16-/m0/s1. The van der Waals surface area contributed by atoms with Crippen molar-refractivity contribution in [3.05, 3.63) is 63.9 Å². The minimum atomic E-state index is -3.95. The Kier molecular flexibility index (Phi) is 9.01. The number of amides is 2. The van der Waals surface area contributed by atoms with E-state index < -0.39 is 34.3 Å². The summed E-state index contributed by atoms with van der Waals surface area (Å²) < 4.78 is 39.6. The van der Waals surface area contributed by atoms with Crippen LogP contribution in [0.5, 0.6) is 0 Å². The summed E-state index contributed by atoms with van der Waals surface area (Å²) in [4.78, 5) is 27.8. The second kappa shape index (κ2) is 11.6. The van der Waals surface area contributed by atoms with Gasteiger partial charge in [0.25, 0.3) is 0 Å². The van der Waals surface area contributed by atoms with Gasteiger partial charge in [-0.3, -0.25) is 13.9 Å². The van der Waals surface area contributed by atoms with Gasteiger partial charge < -0.3 is 10.2 Å². The predicted molar refractivity (Wildman–Crippen MR) is 135 cm³/mol. The Balaban J connectivity index is 1.92. The average Bonchev–Trinajstić information content (AvgIpc) is 3.29. The van der Waals surface area contributed by atoms with Crippen LogP contribution in [0.15, 0.2) is 42.5 Å². The van der Waals surface area contributed by atoms with Crippen molar-refractivity contribution in [2.45, 2.75) is 51.2 Å². The molecule has 1 fully saturated rings. The summed E-state index contributed by atoms with van der Waals surface area (Å²) in [6.45, 7) is 0.822. The fourth-order valence-electron chi connectivity index (χ4n) is 4.07. The summed E-state index contributed by atoms with van der Waals surface area (Å²) in [7, 11) is -3.95. The number of carbonyl (C=O) groups excluding carboxylic acids is 2. The zero-order chi connectivity index (χ0) is 25.8. The van der Waals surface area contributed by atoms with Crippen LogP contribution >= 0.6 is 23.2 Å². The Labute approximate surface area is 215 Å². The molecule has 0 aliphatic heterocycles. The maximum atomic E-state index is 13.8. The SMILES string of the molecule is C[C@@H](C(=O)NC1CCCC1)N(Cc1c(Cl)cccc1Cl)C(=O)CN(c1cccc(F)c1)S(C)(=O)=O. The number of hydrogen-bond acceptors (Lipinski definition) is 4. The van der Waals surface area contributed by atoms with E-state index in [0.29, 0.717) is 15.6 Å². The van der Waals surface area contributed by atoms with Crippen molar-refractivity contribution in [3.63, 3.8) is 0 Å². The van der Waals surface area contributed by atoms with Crippen molar-refractivity contribution in [2.24, 2.45) is 0 Å². The van der Waals surface area contributed by atoms with E-state index in [1.54, 1.807) is 25.1 Å². The molecule has 35 heavy (non-hydrogen) atoms. The molecule has 11 heteroatoms. The highest BCUT2D eigenvalue weighted by atomic mass is 35.5. The van der Waals surface area contributed by atoms with Gasteiger partial charge in [0, 0.05) is 28.2 Å². The number of rotatable bonds is 9. The minimum Gasteiger partial charge on any atom is -0.352 e. The molecule has 0 unspecified atom stereocenters. The Morgan fingerprint density at radius 3 is 2.29 bits per heavy atom. The molecule has 2 aromatic carbocycles. The normalized spacial score (nSPS) is 15.0. The number of carbonyl (C=O) groups is 2. The number of sulfonamides is 1. The second-order valence-corrected chi connectivity index (χ2v) is 11.4. The summed E-state index contributed by atoms with van der Waals surface area (Å²) in [6, 6.07) is 8.93. The lowest BCUT2D eigenvalue weighted by Gasteiger charge is -2.32. The predicted octanol–water partition coefficient (Wildman–Crippen LogP) is 4.37. The summed E-state index contributed by atoms with van der Waals surface area (Å²) in [5, 5.41) is 3.59. The van der Waals surface area contributed by atoms with Gasteiger partial charge in [-0.05, 0) is 50.1 Å². The van der Waals surface area contributed by atoms with E-state index in [1.165, 1.54) is 23.1 Å². The van der Waals surface area contributed by atoms with Gasteiger partial charge in [-0.2, -0.15) is 0 Å². The molecule has 7 nitrogen and oxygen atoms in total. The highest BCUT2D eigenvalue weighted by Gasteiger charge is 2.32. The zero-order valence-corrected chi connectivity index (χ0v) is 21.8. The van der Waals surface area contributed by atoms with E-state index in [4.69, 9.17) is 23.2 Å². The summed E-state index contributed by atoms with van der Waals surface area (Å²) in [5.41, 5.74) is 0.431. The molecule has 0 aromatic heterocycles. The second-order valence-electron chi connectivity index (χ2n) is 8.64. The molecule has 0 bridgehead atoms. The molecule has 0 heterocycles. The fourth-order valence-corrected chi connectivity index (χ4v) is 5.43. The molecule has 1 saturated carbocycles. The van der Waals surface area contributed by atoms with Crippen molar-refractivity contribution in [3.8, 4) is 0 Å². The third-order valence-corrected chi connectivity index (χ3v) is 7.88. The van der Waals surface area contributed by atoms with Crippen molar-refractivity contribution >= 4 is 50.7 Å². The lowest BCUT2D eigenvalue weighted by Crippen LogP contribution is -2.52. The Bertz CT molecular complexity index is 1170. The van der Waals surface area contributed by atoms with Crippen molar-refractivity contribution in [1.82, 2.24) is 10.2 Å². The molecule has 1 atom stereocenters. The lowest BCUT2D eigenvalue weighted by atomic mass is 10.1. The van der Waals surface area contributed by atoms with Gasteiger partial charge in [0.1, 0.15) is 18.4 Å². The van der Waals surface area contributed by atoms with E-state index >= 15 is 0 Å². The first-order chi connectivity index (χ1) is 16.5. The topological polar surface area (TPSA) is 86.8 Å². The first-order valence-corrected chi connectivity index (χ1v) is 13.8. The molecule has 1 N–H and O–H groups in total. The van der Waals surface area contributed by atoms with Gasteiger partial charge in [0.05, 0.1) is 11.9 Å². The molecule has 0 radical (unpaired) electrons. The van der Waals surface area contributed by atoms with Crippen LogP contribution < -0.4 is 9.62 Å². The van der Waals surface area contributed by atoms with E-state index in [9.17, 15) is 22.4 Å². The molecule has 1 aliphatic carbocycles. The number of hydrogen-bond donors (Lipinski definition) is 1. The summed E-state index contributed by atoms with van der Waals surface area (Å²) in [5.74, 6) is -1.66. The Morgan fingerprint density at radius 1 is 1.11 bits per heavy atom. The quantitative estimate of drug-likeness (QED) is 0.508. The van der Waals surface area contributed by atoms with Crippen molar-refractivity contribution < 1.29 is 22.4 Å². The van der Waals surface area contributed by atoms with E-state index in [1.807, 2.05) is 0 Å². The van der Waals surface area contributed by atoms with Crippen molar-refractivity contribution in [2.75, 3.05) is 17.1 Å². The number of benzene rings is 2. The number of halogens is 3. The van der Waals surface area contributed by atoms with Crippen LogP contribution in [0, 0.1) is 5.82 Å². The Morgan fingerprint density at radius 2 is 1.71 bits per heavy atom. The van der Waals surface area contributed by atoms with E-state index in [0.717, 1.165) is 42.3 Å². The lowest BCUT2D eigenvalue weighted by molar-refractivity contribution is -0.139. The maximum Gasteiger partial charge on any atom is 0.244 e. The molecule has 2 amide bonds. The first-order valence-electron chi connectivity index (χ1n) is 11.2. The maximum absolute atomic E-state index is 13.8. The van der Waals surface area contributed by atoms with Gasteiger partial charge in [0.2, 0.25) is 21.8 Å². The molecule has 1 aliphatic rings. The minimum absolute atomic E-state index is 0.000337. The highest BCUT2D eigenvalue weighted by molar-refractivity contribution is 7.92. The number of nitrogens with one attached hydrogen (secondary N) is 1. The van der Waals surface area contributed by atoms with Gasteiger partial charge in [0.15, 0.2) is 0 Å². The monoisotopic (exact) mass is 543 g/mol. The van der Waals surface area contributed by atoms with Gasteiger partial charge >= 0.3 is 0 Å². The van der Waals surface area contributed by atoms with Gasteiger partial charge in [-0.1, -0.05) is 48.2 Å². The summed E-state index contributed by atoms with van der Waals surface area (Å²) in [6.07, 6.45) is 4.70. The van der Waals surface area contributed by atoms with Crippen LogP contribution in [0.25, 0.3) is 0 Å². The molecule has 0 spiro atoms. The molecular formula is C24H28Cl2FN3O4S. The molecule has 3 rings (SSSR count). The van der Waals surface area contributed by atoms with Crippen LogP contribution in [0.1, 0.15) is 38.2 Å². The van der Waals surface area contributed by atoms with Crippen LogP contribution in [0.2, 0.25) is 10.0 Å². The summed E-state index contributed by atoms with van der Waals surface area (Å²) >= 11 is 12.6. The average molecular weight is 544 g/mol. The van der Waals surface area contributed by atoms with E-state index in [2.05, 4.69) is 5.32 Å². The van der Waals surface area contributed by atoms with Crippen LogP contribution in [0.4, 0.5) is 10.1 Å². The van der Waals surface area contributed by atoms with E-state index in [-0.39, 0.29) is 24.2 Å². The smallest absolute Gasteiger partial charge is 0.244 e. The van der Waals surface area contributed by atoms with Crippen molar-refractivity contribution in [1.29, 1.82) is 0 Å². The zero-order valence-electron chi connectivity index (χ0n) is 19.5. The molecule has 2 aromatic rings. The number of anilines is 1. The van der Waals surface area contributed by atoms with Gasteiger partial charge in [-0.25, -0.2) is 12.8 Å². The Hall–Kier alpha value is -2.36. The van der Waals surface area contributed by atoms with Crippen LogP contribution in [-0.2, 0) is 26.2 Å². The van der Waals surface area contributed by atoms with Gasteiger partial charge in [-0.15, -0.1) is 0 Å².